The van der Waals surface area contributed by atoms with Gasteiger partial charge in [0.15, 0.2) is 6.61 Å². The van der Waals surface area contributed by atoms with E-state index >= 15 is 0 Å². The van der Waals surface area contributed by atoms with Gasteiger partial charge in [0.2, 0.25) is 0 Å². The number of para-hydroxylation sites is 2. The first-order chi connectivity index (χ1) is 13.5. The summed E-state index contributed by atoms with van der Waals surface area (Å²) in [6, 6.07) is 18.7. The molecule has 0 spiro atoms. The number of ether oxygens (including phenoxy) is 1. The Morgan fingerprint density at radius 3 is 2.32 bits per heavy atom. The number of esters is 1. The lowest BCUT2D eigenvalue weighted by atomic mass is 10.1. The number of amides is 1. The third kappa shape index (κ3) is 4.91. The van der Waals surface area contributed by atoms with E-state index in [0.717, 1.165) is 17.8 Å². The minimum absolute atomic E-state index is 0.200. The standard InChI is InChI=1S/C21H16F2N2O3/c22-14-10-11-19(17(23)12-14)25-20(26)13-28-21(27)16-8-4-5-9-18(16)24-15-6-2-1-3-7-15/h1-12,24H,13H2,(H,25,26). The van der Waals surface area contributed by atoms with Crippen LogP contribution in [0.3, 0.4) is 0 Å². The zero-order valence-corrected chi connectivity index (χ0v) is 14.6. The molecule has 2 N–H and O–H groups in total. The molecule has 0 radical (unpaired) electrons. The van der Waals surface area contributed by atoms with Crippen LogP contribution in [0.1, 0.15) is 10.4 Å². The van der Waals surface area contributed by atoms with E-state index in [1.54, 1.807) is 24.3 Å². The smallest absolute Gasteiger partial charge is 0.340 e. The molecule has 28 heavy (non-hydrogen) atoms. The Kier molecular flexibility index (Phi) is 5.96. The second kappa shape index (κ2) is 8.77. The van der Waals surface area contributed by atoms with Gasteiger partial charge >= 0.3 is 5.97 Å². The number of halogens is 2. The maximum atomic E-state index is 13.6. The molecule has 0 unspecified atom stereocenters. The molecular weight excluding hydrogens is 366 g/mol. The van der Waals surface area contributed by atoms with Crippen molar-refractivity contribution < 1.29 is 23.1 Å². The van der Waals surface area contributed by atoms with Gasteiger partial charge in [-0.2, -0.15) is 0 Å². The van der Waals surface area contributed by atoms with E-state index in [2.05, 4.69) is 10.6 Å². The molecule has 3 rings (SSSR count). The van der Waals surface area contributed by atoms with Crippen LogP contribution < -0.4 is 10.6 Å². The first-order valence-electron chi connectivity index (χ1n) is 8.36. The molecule has 0 aliphatic heterocycles. The molecule has 0 aromatic heterocycles. The Bertz CT molecular complexity index is 994. The van der Waals surface area contributed by atoms with E-state index in [4.69, 9.17) is 4.74 Å². The molecule has 0 saturated heterocycles. The fourth-order valence-electron chi connectivity index (χ4n) is 2.43. The highest BCUT2D eigenvalue weighted by Gasteiger charge is 2.15. The molecular formula is C21H16F2N2O3. The van der Waals surface area contributed by atoms with Crippen molar-refractivity contribution >= 4 is 28.9 Å². The van der Waals surface area contributed by atoms with E-state index in [1.165, 1.54) is 0 Å². The predicted octanol–water partition coefficient (Wildman–Crippen LogP) is 4.50. The Morgan fingerprint density at radius 2 is 1.57 bits per heavy atom. The van der Waals surface area contributed by atoms with Crippen LogP contribution in [-0.2, 0) is 9.53 Å². The zero-order valence-electron chi connectivity index (χ0n) is 14.6. The van der Waals surface area contributed by atoms with Crippen LogP contribution >= 0.6 is 0 Å². The molecule has 7 heteroatoms. The summed E-state index contributed by atoms with van der Waals surface area (Å²) in [6.45, 7) is -0.616. The topological polar surface area (TPSA) is 67.4 Å². The van der Waals surface area contributed by atoms with Gasteiger partial charge in [0.05, 0.1) is 16.9 Å². The Balaban J connectivity index is 1.62. The lowest BCUT2D eigenvalue weighted by molar-refractivity contribution is -0.119. The van der Waals surface area contributed by atoms with E-state index in [9.17, 15) is 18.4 Å². The molecule has 142 valence electrons. The highest BCUT2D eigenvalue weighted by Crippen LogP contribution is 2.21. The van der Waals surface area contributed by atoms with Crippen LogP contribution in [0.4, 0.5) is 25.8 Å². The third-order valence-electron chi connectivity index (χ3n) is 3.74. The average molecular weight is 382 g/mol. The van der Waals surface area contributed by atoms with Gasteiger partial charge in [0.25, 0.3) is 5.91 Å². The number of anilines is 3. The van der Waals surface area contributed by atoms with Crippen molar-refractivity contribution in [1.29, 1.82) is 0 Å². The fourth-order valence-corrected chi connectivity index (χ4v) is 2.43. The molecule has 0 bridgehead atoms. The normalized spacial score (nSPS) is 10.2. The van der Waals surface area contributed by atoms with Gasteiger partial charge in [-0.1, -0.05) is 30.3 Å². The van der Waals surface area contributed by atoms with E-state index in [-0.39, 0.29) is 11.3 Å². The minimum Gasteiger partial charge on any atom is -0.452 e. The number of hydrogen-bond donors (Lipinski definition) is 2. The summed E-state index contributed by atoms with van der Waals surface area (Å²) in [5.41, 5.74) is 1.34. The van der Waals surface area contributed by atoms with Crippen molar-refractivity contribution in [3.8, 4) is 0 Å². The maximum absolute atomic E-state index is 13.6. The molecule has 0 saturated carbocycles. The Morgan fingerprint density at radius 1 is 0.857 bits per heavy atom. The SMILES string of the molecule is O=C(COC(=O)c1ccccc1Nc1ccccc1)Nc1ccc(F)cc1F. The van der Waals surface area contributed by atoms with Gasteiger partial charge in [0.1, 0.15) is 11.6 Å². The second-order valence-electron chi connectivity index (χ2n) is 5.79. The molecule has 3 aromatic rings. The van der Waals surface area contributed by atoms with Crippen molar-refractivity contribution in [2.75, 3.05) is 17.2 Å². The van der Waals surface area contributed by atoms with Gasteiger partial charge in [-0.15, -0.1) is 0 Å². The summed E-state index contributed by atoms with van der Waals surface area (Å²) in [5, 5.41) is 5.33. The van der Waals surface area contributed by atoms with E-state index < -0.39 is 30.1 Å². The summed E-state index contributed by atoms with van der Waals surface area (Å²) >= 11 is 0. The largest absolute Gasteiger partial charge is 0.452 e. The summed E-state index contributed by atoms with van der Waals surface area (Å²) in [4.78, 5) is 24.3. The molecule has 5 nitrogen and oxygen atoms in total. The fraction of sp³-hybridized carbons (Fsp3) is 0.0476. The maximum Gasteiger partial charge on any atom is 0.340 e. The monoisotopic (exact) mass is 382 g/mol. The number of nitrogens with one attached hydrogen (secondary N) is 2. The van der Waals surface area contributed by atoms with E-state index in [1.807, 2.05) is 30.3 Å². The van der Waals surface area contributed by atoms with Gasteiger partial charge in [-0.05, 0) is 36.4 Å². The molecule has 0 fully saturated rings. The number of carbonyl (C=O) groups excluding carboxylic acids is 2. The van der Waals surface area contributed by atoms with Crippen LogP contribution in [0.2, 0.25) is 0 Å². The molecule has 0 heterocycles. The number of hydrogen-bond acceptors (Lipinski definition) is 4. The highest BCUT2D eigenvalue weighted by atomic mass is 19.1. The van der Waals surface area contributed by atoms with Crippen molar-refractivity contribution in [3.63, 3.8) is 0 Å². The Hall–Kier alpha value is -3.74. The second-order valence-corrected chi connectivity index (χ2v) is 5.79. The third-order valence-corrected chi connectivity index (χ3v) is 3.74. The molecule has 0 atom stereocenters. The van der Waals surface area contributed by atoms with Crippen molar-refractivity contribution in [2.24, 2.45) is 0 Å². The van der Waals surface area contributed by atoms with Gasteiger partial charge in [-0.3, -0.25) is 4.79 Å². The van der Waals surface area contributed by atoms with Gasteiger partial charge < -0.3 is 15.4 Å². The van der Waals surface area contributed by atoms with Gasteiger partial charge in [0, 0.05) is 11.8 Å². The van der Waals surface area contributed by atoms with Crippen LogP contribution in [0.5, 0.6) is 0 Å². The minimum atomic E-state index is -0.919. The molecule has 0 aliphatic carbocycles. The lowest BCUT2D eigenvalue weighted by Crippen LogP contribution is -2.21. The van der Waals surface area contributed by atoms with Crippen molar-refractivity contribution in [2.45, 2.75) is 0 Å². The summed E-state index contributed by atoms with van der Waals surface area (Å²) in [5.74, 6) is -3.14. The molecule has 0 aliphatic rings. The first kappa shape index (κ1) is 19.0. The average Bonchev–Trinajstić information content (AvgIpc) is 2.69. The summed E-state index contributed by atoms with van der Waals surface area (Å²) < 4.78 is 31.5. The quantitative estimate of drug-likeness (QED) is 0.616. The molecule has 3 aromatic carbocycles. The van der Waals surface area contributed by atoms with Crippen molar-refractivity contribution in [1.82, 2.24) is 0 Å². The van der Waals surface area contributed by atoms with Gasteiger partial charge in [-0.25, -0.2) is 13.6 Å². The van der Waals surface area contributed by atoms with Crippen LogP contribution in [0.15, 0.2) is 72.8 Å². The number of carbonyl (C=O) groups is 2. The van der Waals surface area contributed by atoms with Crippen LogP contribution in [0, 0.1) is 11.6 Å². The lowest BCUT2D eigenvalue weighted by Gasteiger charge is -2.12. The van der Waals surface area contributed by atoms with Crippen molar-refractivity contribution in [3.05, 3.63) is 90.0 Å². The number of benzene rings is 3. The first-order valence-corrected chi connectivity index (χ1v) is 8.36. The zero-order chi connectivity index (χ0) is 19.9. The van der Waals surface area contributed by atoms with E-state index in [0.29, 0.717) is 11.8 Å². The number of rotatable bonds is 6. The summed E-state index contributed by atoms with van der Waals surface area (Å²) in [7, 11) is 0. The predicted molar refractivity (Wildman–Crippen MR) is 101 cm³/mol. The van der Waals surface area contributed by atoms with Crippen LogP contribution in [0.25, 0.3) is 0 Å². The Labute approximate surface area is 160 Å². The van der Waals surface area contributed by atoms with Crippen LogP contribution in [-0.4, -0.2) is 18.5 Å². The highest BCUT2D eigenvalue weighted by molar-refractivity contribution is 5.99. The molecule has 1 amide bonds. The summed E-state index contributed by atoms with van der Waals surface area (Å²) in [6.07, 6.45) is 0.